The highest BCUT2D eigenvalue weighted by Crippen LogP contribution is 2.27. The number of aryl methyl sites for hydroxylation is 2. The molecule has 2 aromatic carbocycles. The van der Waals surface area contributed by atoms with Crippen molar-refractivity contribution in [3.05, 3.63) is 57.9 Å². The van der Waals surface area contributed by atoms with Crippen molar-refractivity contribution in [3.63, 3.8) is 0 Å². The van der Waals surface area contributed by atoms with Gasteiger partial charge in [-0.15, -0.1) is 0 Å². The van der Waals surface area contributed by atoms with Gasteiger partial charge in [0.2, 0.25) is 0 Å². The Hall–Kier alpha value is -2.07. The molecular weight excluding hydrogens is 279 g/mol. The molecule has 0 aliphatic carbocycles. The number of carbonyl (C=O) groups excluding carboxylic acids is 1. The van der Waals surface area contributed by atoms with Gasteiger partial charge < -0.3 is 11.1 Å². The lowest BCUT2D eigenvalue weighted by molar-refractivity contribution is 0.102. The van der Waals surface area contributed by atoms with Crippen molar-refractivity contribution in [2.45, 2.75) is 13.8 Å². The van der Waals surface area contributed by atoms with Crippen LogP contribution in [-0.4, -0.2) is 5.91 Å². The van der Waals surface area contributed by atoms with Crippen LogP contribution in [0.4, 0.5) is 15.8 Å². The molecule has 0 heterocycles. The normalized spacial score (nSPS) is 10.4. The van der Waals surface area contributed by atoms with Gasteiger partial charge in [-0.1, -0.05) is 17.7 Å². The van der Waals surface area contributed by atoms with Crippen molar-refractivity contribution in [1.29, 1.82) is 0 Å². The number of rotatable bonds is 2. The molecule has 1 amide bonds. The lowest BCUT2D eigenvalue weighted by Crippen LogP contribution is -2.14. The molecule has 0 bridgehead atoms. The zero-order valence-electron chi connectivity index (χ0n) is 11.1. The second kappa shape index (κ2) is 5.51. The summed E-state index contributed by atoms with van der Waals surface area (Å²) >= 11 is 5.92. The number of nitrogen functional groups attached to an aromatic ring is 1. The molecule has 0 atom stereocenters. The molecule has 2 rings (SSSR count). The molecule has 0 aromatic heterocycles. The van der Waals surface area contributed by atoms with Gasteiger partial charge >= 0.3 is 0 Å². The Kier molecular flexibility index (Phi) is 3.95. The van der Waals surface area contributed by atoms with E-state index in [-0.39, 0.29) is 5.56 Å². The maximum atomic E-state index is 13.7. The van der Waals surface area contributed by atoms with E-state index in [1.54, 1.807) is 32.0 Å². The quantitative estimate of drug-likeness (QED) is 0.824. The summed E-state index contributed by atoms with van der Waals surface area (Å²) in [4.78, 5) is 12.1. The van der Waals surface area contributed by atoms with Crippen molar-refractivity contribution in [2.75, 3.05) is 11.1 Å². The van der Waals surface area contributed by atoms with Crippen molar-refractivity contribution < 1.29 is 9.18 Å². The minimum Gasteiger partial charge on any atom is -0.398 e. The van der Waals surface area contributed by atoms with Crippen LogP contribution in [0.15, 0.2) is 30.3 Å². The Morgan fingerprint density at radius 1 is 1.25 bits per heavy atom. The molecule has 0 saturated carbocycles. The number of nitrogens with two attached hydrogens (primary N) is 1. The SMILES string of the molecule is Cc1ccc(C(=O)Nc2cc(Cl)c(N)cc2C)c(F)c1. The monoisotopic (exact) mass is 292 g/mol. The van der Waals surface area contributed by atoms with Gasteiger partial charge in [0.1, 0.15) is 5.82 Å². The molecule has 2 aromatic rings. The minimum absolute atomic E-state index is 0.0112. The van der Waals surface area contributed by atoms with Gasteiger partial charge in [-0.05, 0) is 49.2 Å². The van der Waals surface area contributed by atoms with Gasteiger partial charge in [-0.3, -0.25) is 4.79 Å². The summed E-state index contributed by atoms with van der Waals surface area (Å²) in [6, 6.07) is 7.66. The fourth-order valence-corrected chi connectivity index (χ4v) is 2.00. The van der Waals surface area contributed by atoms with Crippen LogP contribution in [0.3, 0.4) is 0 Å². The van der Waals surface area contributed by atoms with Crippen LogP contribution in [0, 0.1) is 19.7 Å². The van der Waals surface area contributed by atoms with Crippen LogP contribution in [-0.2, 0) is 0 Å². The molecule has 3 nitrogen and oxygen atoms in total. The smallest absolute Gasteiger partial charge is 0.258 e. The van der Waals surface area contributed by atoms with E-state index in [0.717, 1.165) is 11.1 Å². The third-order valence-electron chi connectivity index (χ3n) is 2.96. The third kappa shape index (κ3) is 2.91. The standard InChI is InChI=1S/C15H14ClFN2O/c1-8-3-4-10(12(17)5-8)15(20)19-14-7-11(16)13(18)6-9(14)2/h3-7H,18H2,1-2H3,(H,19,20). The van der Waals surface area contributed by atoms with Crippen molar-refractivity contribution in [3.8, 4) is 0 Å². The Balaban J connectivity index is 2.30. The minimum atomic E-state index is -0.554. The van der Waals surface area contributed by atoms with Gasteiger partial charge in [0.15, 0.2) is 0 Å². The average molecular weight is 293 g/mol. The van der Waals surface area contributed by atoms with Crippen LogP contribution in [0.25, 0.3) is 0 Å². The lowest BCUT2D eigenvalue weighted by Gasteiger charge is -2.11. The average Bonchev–Trinajstić information content (AvgIpc) is 2.35. The topological polar surface area (TPSA) is 55.1 Å². The summed E-state index contributed by atoms with van der Waals surface area (Å²) in [6.45, 7) is 3.54. The Bertz CT molecular complexity index is 686. The van der Waals surface area contributed by atoms with E-state index >= 15 is 0 Å². The molecule has 0 fully saturated rings. The first-order chi connectivity index (χ1) is 9.38. The van der Waals surface area contributed by atoms with E-state index in [9.17, 15) is 9.18 Å². The van der Waals surface area contributed by atoms with E-state index in [1.807, 2.05) is 0 Å². The fraction of sp³-hybridized carbons (Fsp3) is 0.133. The Morgan fingerprint density at radius 3 is 2.60 bits per heavy atom. The molecule has 0 aliphatic rings. The number of hydrogen-bond acceptors (Lipinski definition) is 2. The van der Waals surface area contributed by atoms with Crippen LogP contribution in [0.5, 0.6) is 0 Å². The van der Waals surface area contributed by atoms with Crippen molar-refractivity contribution in [1.82, 2.24) is 0 Å². The van der Waals surface area contributed by atoms with E-state index in [0.29, 0.717) is 16.4 Å². The van der Waals surface area contributed by atoms with Gasteiger partial charge in [0, 0.05) is 5.69 Å². The molecule has 0 aliphatic heterocycles. The Labute approximate surface area is 121 Å². The zero-order valence-corrected chi connectivity index (χ0v) is 11.9. The number of amides is 1. The zero-order chi connectivity index (χ0) is 14.9. The van der Waals surface area contributed by atoms with Gasteiger partial charge in [0.25, 0.3) is 5.91 Å². The molecule has 0 spiro atoms. The fourth-order valence-electron chi connectivity index (χ4n) is 1.83. The van der Waals surface area contributed by atoms with Gasteiger partial charge in [-0.2, -0.15) is 0 Å². The molecule has 3 N–H and O–H groups in total. The number of hydrogen-bond donors (Lipinski definition) is 2. The first-order valence-corrected chi connectivity index (χ1v) is 6.39. The van der Waals surface area contributed by atoms with Crippen molar-refractivity contribution >= 4 is 28.9 Å². The lowest BCUT2D eigenvalue weighted by atomic mass is 10.1. The van der Waals surface area contributed by atoms with Crippen molar-refractivity contribution in [2.24, 2.45) is 0 Å². The molecule has 0 saturated heterocycles. The number of carbonyl (C=O) groups is 1. The summed E-state index contributed by atoms with van der Waals surface area (Å²) in [7, 11) is 0. The third-order valence-corrected chi connectivity index (χ3v) is 3.29. The molecule has 104 valence electrons. The first-order valence-electron chi connectivity index (χ1n) is 6.01. The molecular formula is C15H14ClFN2O. The molecule has 0 radical (unpaired) electrons. The van der Waals surface area contributed by atoms with Gasteiger partial charge in [0.05, 0.1) is 16.3 Å². The molecule has 20 heavy (non-hydrogen) atoms. The van der Waals surface area contributed by atoms with Crippen LogP contribution >= 0.6 is 11.6 Å². The maximum absolute atomic E-state index is 13.7. The number of nitrogens with one attached hydrogen (secondary N) is 1. The second-order valence-corrected chi connectivity index (χ2v) is 5.03. The Morgan fingerprint density at radius 2 is 1.95 bits per heavy atom. The predicted octanol–water partition coefficient (Wildman–Crippen LogP) is 3.93. The van der Waals surface area contributed by atoms with E-state index in [2.05, 4.69) is 5.32 Å². The first kappa shape index (κ1) is 14.3. The van der Waals surface area contributed by atoms with Crippen LogP contribution in [0.1, 0.15) is 21.5 Å². The predicted molar refractivity (Wildman–Crippen MR) is 79.7 cm³/mol. The van der Waals surface area contributed by atoms with Crippen LogP contribution < -0.4 is 11.1 Å². The summed E-state index contributed by atoms with van der Waals surface area (Å²) in [5.41, 5.74) is 8.11. The summed E-state index contributed by atoms with van der Waals surface area (Å²) in [5.74, 6) is -1.08. The number of halogens is 2. The maximum Gasteiger partial charge on any atom is 0.258 e. The largest absolute Gasteiger partial charge is 0.398 e. The highest BCUT2D eigenvalue weighted by molar-refractivity contribution is 6.33. The molecule has 5 heteroatoms. The number of anilines is 2. The second-order valence-electron chi connectivity index (χ2n) is 4.63. The highest BCUT2D eigenvalue weighted by Gasteiger charge is 2.13. The van der Waals surface area contributed by atoms with E-state index in [4.69, 9.17) is 17.3 Å². The summed E-state index contributed by atoms with van der Waals surface area (Å²) in [5, 5.41) is 2.98. The van der Waals surface area contributed by atoms with E-state index < -0.39 is 11.7 Å². The summed E-state index contributed by atoms with van der Waals surface area (Å²) < 4.78 is 13.7. The number of benzene rings is 2. The summed E-state index contributed by atoms with van der Waals surface area (Å²) in [6.07, 6.45) is 0. The van der Waals surface area contributed by atoms with E-state index in [1.165, 1.54) is 12.1 Å². The molecule has 0 unspecified atom stereocenters. The highest BCUT2D eigenvalue weighted by atomic mass is 35.5. The van der Waals surface area contributed by atoms with Gasteiger partial charge in [-0.25, -0.2) is 4.39 Å². The van der Waals surface area contributed by atoms with Crippen LogP contribution in [0.2, 0.25) is 5.02 Å².